The summed E-state index contributed by atoms with van der Waals surface area (Å²) >= 11 is 0.722. The predicted octanol–water partition coefficient (Wildman–Crippen LogP) is -2.20. The zero-order valence-electron chi connectivity index (χ0n) is 37.4. The van der Waals surface area contributed by atoms with Crippen LogP contribution in [0.3, 0.4) is 0 Å². The van der Waals surface area contributed by atoms with E-state index in [4.69, 9.17) is 17.2 Å². The Hall–Kier alpha value is -6.99. The highest BCUT2D eigenvalue weighted by Gasteiger charge is 2.34. The molecule has 68 heavy (non-hydrogen) atoms. The largest absolute Gasteiger partial charge is 0.508 e. The number of thioether (sulfide) groups is 1. The number of aliphatic imine (C=N–C) groups is 1. The van der Waals surface area contributed by atoms with Gasteiger partial charge in [-0.1, -0.05) is 62.0 Å². The van der Waals surface area contributed by atoms with Gasteiger partial charge in [-0.05, 0) is 65.9 Å². The average molecular weight is 969 g/mol. The van der Waals surface area contributed by atoms with E-state index in [9.17, 15) is 64.2 Å². The van der Waals surface area contributed by atoms with E-state index in [0.717, 1.165) is 11.8 Å². The van der Waals surface area contributed by atoms with E-state index in [0.29, 0.717) is 5.56 Å². The molecule has 0 radical (unpaired) electrons. The molecule has 370 valence electrons. The molecule has 0 fully saturated rings. The van der Waals surface area contributed by atoms with Crippen LogP contribution in [0.2, 0.25) is 0 Å². The minimum atomic E-state index is -1.73. The second kappa shape index (κ2) is 27.0. The number of amides is 6. The van der Waals surface area contributed by atoms with Gasteiger partial charge in [0.05, 0.1) is 13.2 Å². The molecule has 18 N–H and O–H groups in total. The lowest BCUT2D eigenvalue weighted by molar-refractivity contribution is -0.137. The van der Waals surface area contributed by atoms with Crippen LogP contribution in [0, 0.1) is 5.41 Å². The van der Waals surface area contributed by atoms with Gasteiger partial charge in [0.15, 0.2) is 5.96 Å². The van der Waals surface area contributed by atoms with Crippen molar-refractivity contribution in [1.29, 1.82) is 0 Å². The Bertz CT molecular complexity index is 2210. The summed E-state index contributed by atoms with van der Waals surface area (Å²) in [7, 11) is 0. The summed E-state index contributed by atoms with van der Waals surface area (Å²) in [4.78, 5) is 97.2. The van der Waals surface area contributed by atoms with E-state index < -0.39 is 95.5 Å². The fraction of sp³-hybridized carbons (Fsp3) is 0.409. The monoisotopic (exact) mass is 968 g/mol. The van der Waals surface area contributed by atoms with E-state index in [-0.39, 0.29) is 79.0 Å². The quantitative estimate of drug-likeness (QED) is 0.0230. The molecule has 0 aromatic heterocycles. The molecule has 0 spiro atoms. The van der Waals surface area contributed by atoms with Crippen LogP contribution >= 0.6 is 11.8 Å². The van der Waals surface area contributed by atoms with Crippen molar-refractivity contribution in [1.82, 2.24) is 31.9 Å². The van der Waals surface area contributed by atoms with E-state index in [1.54, 1.807) is 0 Å². The fourth-order valence-corrected chi connectivity index (χ4v) is 6.83. The van der Waals surface area contributed by atoms with Crippen molar-refractivity contribution in [2.75, 3.05) is 38.6 Å². The molecule has 0 heterocycles. The number of aliphatic hydroxyl groups excluding tert-OH is 3. The normalized spacial score (nSPS) is 13.8. The third kappa shape index (κ3) is 17.7. The Labute approximate surface area is 395 Å². The molecule has 0 aliphatic heterocycles. The molecule has 3 rings (SSSR count). The number of aliphatic hydroxyl groups is 3. The van der Waals surface area contributed by atoms with Crippen LogP contribution < -0.4 is 49.1 Å². The highest BCUT2D eigenvalue weighted by Crippen LogP contribution is 2.24. The Morgan fingerprint density at radius 2 is 1.15 bits per heavy atom. The molecule has 23 nitrogen and oxygen atoms in total. The molecule has 0 saturated carbocycles. The Morgan fingerprint density at radius 3 is 1.68 bits per heavy atom. The molecular formula is C44H60N10O13S. The van der Waals surface area contributed by atoms with Gasteiger partial charge in [0.25, 0.3) is 0 Å². The zero-order valence-corrected chi connectivity index (χ0v) is 38.2. The number of hydrogen-bond acceptors (Lipinski definition) is 16. The number of nitrogens with zero attached hydrogens (tertiary/aromatic N) is 1. The fourth-order valence-electron chi connectivity index (χ4n) is 6.06. The van der Waals surface area contributed by atoms with Crippen molar-refractivity contribution in [3.05, 3.63) is 89.5 Å². The van der Waals surface area contributed by atoms with Gasteiger partial charge in [-0.2, -0.15) is 0 Å². The summed E-state index contributed by atoms with van der Waals surface area (Å²) in [6.07, 6.45) is -1.57. The second-order valence-electron chi connectivity index (χ2n) is 16.0. The van der Waals surface area contributed by atoms with E-state index >= 15 is 0 Å². The molecule has 0 bridgehead atoms. The Balaban J connectivity index is 1.75. The van der Waals surface area contributed by atoms with E-state index in [1.165, 1.54) is 86.6 Å². The van der Waals surface area contributed by atoms with Crippen LogP contribution in [0.4, 0.5) is 0 Å². The van der Waals surface area contributed by atoms with Crippen molar-refractivity contribution < 1.29 is 64.2 Å². The number of guanidine groups is 1. The van der Waals surface area contributed by atoms with Crippen molar-refractivity contribution in [2.45, 2.75) is 69.4 Å². The molecule has 3 aromatic carbocycles. The number of carbonyl (C=O) groups excluding carboxylic acids is 7. The zero-order chi connectivity index (χ0) is 50.6. The lowest BCUT2D eigenvalue weighted by atomic mass is 9.87. The number of benzene rings is 3. The van der Waals surface area contributed by atoms with Crippen molar-refractivity contribution >= 4 is 58.3 Å². The van der Waals surface area contributed by atoms with Gasteiger partial charge in [-0.25, -0.2) is 0 Å². The molecule has 6 atom stereocenters. The summed E-state index contributed by atoms with van der Waals surface area (Å²) in [5.74, 6) is -5.62. The van der Waals surface area contributed by atoms with Gasteiger partial charge in [0.2, 0.25) is 40.6 Å². The molecule has 24 heteroatoms. The van der Waals surface area contributed by atoms with Gasteiger partial charge < -0.3 is 79.7 Å². The molecule has 0 unspecified atom stereocenters. The third-order valence-electron chi connectivity index (χ3n) is 10.2. The third-order valence-corrected chi connectivity index (χ3v) is 11.1. The van der Waals surface area contributed by atoms with Crippen LogP contribution in [-0.2, 0) is 33.6 Å². The summed E-state index contributed by atoms with van der Waals surface area (Å²) in [6, 6.07) is 8.44. The number of phenols is 3. The SMILES string of the molecule is CC(C)(CO)[C@@H](O)C(=O)NCCC(=O)NCCSC(=O)[C@@H](NC(=O)[C@H](CO)NC(=O)[C@H](NC(=O)[C@H](CCCN=C(N)N)NC(=O)[C@@H](N)c1ccc(O)cc1)c1ccc(O)cc1)c1ccc(O)cc1. The van der Waals surface area contributed by atoms with Gasteiger partial charge in [-0.3, -0.25) is 38.6 Å². The molecule has 0 aliphatic rings. The first kappa shape index (κ1) is 55.3. The summed E-state index contributed by atoms with van der Waals surface area (Å²) < 4.78 is 0. The number of hydrogen-bond donors (Lipinski definition) is 15. The van der Waals surface area contributed by atoms with Gasteiger partial charge in [0, 0.05) is 37.2 Å². The van der Waals surface area contributed by atoms with Crippen molar-refractivity contribution in [3.8, 4) is 17.2 Å². The first-order valence-corrected chi connectivity index (χ1v) is 22.2. The lowest BCUT2D eigenvalue weighted by Crippen LogP contribution is -2.55. The van der Waals surface area contributed by atoms with Crippen LogP contribution in [0.15, 0.2) is 77.8 Å². The number of aromatic hydroxyl groups is 3. The molecule has 0 saturated heterocycles. The summed E-state index contributed by atoms with van der Waals surface area (Å²) in [5.41, 5.74) is 16.5. The van der Waals surface area contributed by atoms with Gasteiger partial charge >= 0.3 is 0 Å². The predicted molar refractivity (Wildman–Crippen MR) is 249 cm³/mol. The molecule has 3 aromatic rings. The Morgan fingerprint density at radius 1 is 0.647 bits per heavy atom. The highest BCUT2D eigenvalue weighted by molar-refractivity contribution is 8.13. The minimum Gasteiger partial charge on any atom is -0.508 e. The van der Waals surface area contributed by atoms with Crippen molar-refractivity contribution in [2.24, 2.45) is 27.6 Å². The maximum absolute atomic E-state index is 14.0. The number of nitrogens with one attached hydrogen (secondary N) is 6. The van der Waals surface area contributed by atoms with Crippen LogP contribution in [-0.4, -0.2) is 134 Å². The maximum Gasteiger partial charge on any atom is 0.249 e. The first-order chi connectivity index (χ1) is 32.2. The topological polar surface area (TPSA) is 403 Å². The second-order valence-corrected chi connectivity index (χ2v) is 17.1. The highest BCUT2D eigenvalue weighted by atomic mass is 32.2. The minimum absolute atomic E-state index is 0.0114. The van der Waals surface area contributed by atoms with Crippen LogP contribution in [0.1, 0.15) is 67.9 Å². The van der Waals surface area contributed by atoms with E-state index in [2.05, 4.69) is 36.9 Å². The molecular weight excluding hydrogens is 909 g/mol. The molecule has 0 aliphatic carbocycles. The Kier molecular flexibility index (Phi) is 22.0. The average Bonchev–Trinajstić information content (AvgIpc) is 3.31. The lowest BCUT2D eigenvalue weighted by Gasteiger charge is -2.27. The smallest absolute Gasteiger partial charge is 0.249 e. The van der Waals surface area contributed by atoms with Crippen molar-refractivity contribution in [3.63, 3.8) is 0 Å². The van der Waals surface area contributed by atoms with E-state index in [1.807, 2.05) is 0 Å². The van der Waals surface area contributed by atoms with Crippen LogP contribution in [0.25, 0.3) is 0 Å². The molecule has 6 amide bonds. The summed E-state index contributed by atoms with van der Waals surface area (Å²) in [5, 5.41) is 73.7. The summed E-state index contributed by atoms with van der Waals surface area (Å²) in [6.45, 7) is 1.46. The first-order valence-electron chi connectivity index (χ1n) is 21.2. The number of rotatable bonds is 26. The number of carbonyl (C=O) groups is 7. The maximum atomic E-state index is 14.0. The number of phenolic OH excluding ortho intramolecular Hbond substituents is 3. The number of nitrogens with two attached hydrogens (primary N) is 3. The van der Waals surface area contributed by atoms with Gasteiger partial charge in [0.1, 0.15) is 53.6 Å². The standard InChI is InChI=1S/C44H60N10O13S/c1-44(2,23-56)36(61)41(66)49-19-17-32(60)48-20-21-68-42(67)35(26-9-15-29(59)16-10-26)54-38(63)31(22-55)52-40(65)34(25-7-13-28(58)14-8-25)53-37(62)30(4-3-18-50-43(46)47)51-39(64)33(45)24-5-11-27(57)12-6-24/h5-16,30-31,33-36,55-59,61H,3-4,17-23,45H2,1-2H3,(H,48,60)(H,49,66)(H,51,64)(H,52,65)(H,53,62)(H,54,63)(H4,46,47,50)/t30-,31-,33-,34+,35-,36-/m0/s1. The van der Waals surface area contributed by atoms with Gasteiger partial charge in [-0.15, -0.1) is 0 Å². The van der Waals surface area contributed by atoms with Crippen LogP contribution in [0.5, 0.6) is 17.2 Å².